The van der Waals surface area contributed by atoms with Crippen molar-refractivity contribution in [3.05, 3.63) is 89.9 Å². The molecule has 0 spiro atoms. The first kappa shape index (κ1) is 22.3. The van der Waals surface area contributed by atoms with Gasteiger partial charge in [-0.25, -0.2) is 0 Å². The summed E-state index contributed by atoms with van der Waals surface area (Å²) >= 11 is 0. The zero-order valence-electron chi connectivity index (χ0n) is 19.2. The van der Waals surface area contributed by atoms with Crippen LogP contribution in [0.1, 0.15) is 32.8 Å². The average molecular weight is 444 g/mol. The molecule has 0 bridgehead atoms. The zero-order chi connectivity index (χ0) is 23.4. The van der Waals surface area contributed by atoms with Crippen LogP contribution in [0.2, 0.25) is 0 Å². The van der Waals surface area contributed by atoms with Crippen molar-refractivity contribution in [1.82, 2.24) is 24.6 Å². The molecule has 2 heterocycles. The minimum absolute atomic E-state index is 0.0459. The molecule has 1 N–H and O–H groups in total. The fourth-order valence-corrected chi connectivity index (χ4v) is 4.12. The monoisotopic (exact) mass is 443 g/mol. The SMILES string of the molecule is CN(C(=O)c1ccc2c(cnn2C)c1)C(CCNC(=O)c1cccn1C)Cc1ccccc1. The lowest BCUT2D eigenvalue weighted by Gasteiger charge is -2.29. The van der Waals surface area contributed by atoms with Gasteiger partial charge in [0, 0.05) is 50.9 Å². The molecule has 0 saturated heterocycles. The first-order valence-corrected chi connectivity index (χ1v) is 11.1. The number of aryl methyl sites for hydroxylation is 2. The fraction of sp³-hybridized carbons (Fsp3) is 0.269. The van der Waals surface area contributed by atoms with Crippen LogP contribution in [0, 0.1) is 0 Å². The van der Waals surface area contributed by atoms with E-state index in [2.05, 4.69) is 22.5 Å². The summed E-state index contributed by atoms with van der Waals surface area (Å²) in [5, 5.41) is 8.20. The Morgan fingerprint density at radius 3 is 2.58 bits per heavy atom. The average Bonchev–Trinajstić information content (AvgIpc) is 3.43. The van der Waals surface area contributed by atoms with Gasteiger partial charge in [0.2, 0.25) is 0 Å². The molecule has 0 radical (unpaired) electrons. The smallest absolute Gasteiger partial charge is 0.267 e. The van der Waals surface area contributed by atoms with E-state index in [1.54, 1.807) is 26.4 Å². The van der Waals surface area contributed by atoms with Crippen molar-refractivity contribution < 1.29 is 9.59 Å². The molecule has 0 fully saturated rings. The zero-order valence-corrected chi connectivity index (χ0v) is 19.2. The normalized spacial score (nSPS) is 12.0. The van der Waals surface area contributed by atoms with E-state index in [-0.39, 0.29) is 17.9 Å². The molecule has 0 aliphatic carbocycles. The number of amides is 2. The van der Waals surface area contributed by atoms with Gasteiger partial charge in [0.25, 0.3) is 11.8 Å². The van der Waals surface area contributed by atoms with Crippen molar-refractivity contribution in [3.63, 3.8) is 0 Å². The van der Waals surface area contributed by atoms with E-state index >= 15 is 0 Å². The predicted octanol–water partition coefficient (Wildman–Crippen LogP) is 3.42. The highest BCUT2D eigenvalue weighted by Gasteiger charge is 2.22. The Labute approximate surface area is 193 Å². The molecule has 4 aromatic rings. The number of aromatic nitrogens is 3. The van der Waals surface area contributed by atoms with E-state index in [1.807, 2.05) is 69.8 Å². The lowest BCUT2D eigenvalue weighted by Crippen LogP contribution is -2.41. The minimum atomic E-state index is -0.114. The van der Waals surface area contributed by atoms with Gasteiger partial charge < -0.3 is 14.8 Å². The molecule has 1 atom stereocenters. The van der Waals surface area contributed by atoms with Crippen molar-refractivity contribution in [2.45, 2.75) is 18.9 Å². The lowest BCUT2D eigenvalue weighted by atomic mass is 10.0. The van der Waals surface area contributed by atoms with Gasteiger partial charge in [0.15, 0.2) is 0 Å². The molecule has 0 saturated carbocycles. The molecule has 2 amide bonds. The van der Waals surface area contributed by atoms with Crippen LogP contribution in [0.5, 0.6) is 0 Å². The second-order valence-electron chi connectivity index (χ2n) is 8.35. The summed E-state index contributed by atoms with van der Waals surface area (Å²) in [4.78, 5) is 27.7. The Morgan fingerprint density at radius 2 is 1.85 bits per heavy atom. The maximum absolute atomic E-state index is 13.4. The largest absolute Gasteiger partial charge is 0.351 e. The van der Waals surface area contributed by atoms with Gasteiger partial charge in [-0.15, -0.1) is 0 Å². The molecule has 2 aromatic heterocycles. The van der Waals surface area contributed by atoms with Crippen LogP contribution in [-0.2, 0) is 20.5 Å². The summed E-state index contributed by atoms with van der Waals surface area (Å²) in [7, 11) is 5.57. The number of hydrogen-bond donors (Lipinski definition) is 1. The van der Waals surface area contributed by atoms with Crippen LogP contribution in [0.15, 0.2) is 73.1 Å². The number of rotatable bonds is 8. The van der Waals surface area contributed by atoms with E-state index in [1.165, 1.54) is 0 Å². The maximum Gasteiger partial charge on any atom is 0.267 e. The third-order valence-electron chi connectivity index (χ3n) is 6.11. The molecular formula is C26H29N5O2. The van der Waals surface area contributed by atoms with Gasteiger partial charge >= 0.3 is 0 Å². The molecule has 33 heavy (non-hydrogen) atoms. The van der Waals surface area contributed by atoms with Gasteiger partial charge in [-0.2, -0.15) is 5.10 Å². The van der Waals surface area contributed by atoms with Crippen molar-refractivity contribution in [2.75, 3.05) is 13.6 Å². The Kier molecular flexibility index (Phi) is 6.58. The number of fused-ring (bicyclic) bond motifs is 1. The van der Waals surface area contributed by atoms with Crippen molar-refractivity contribution in [3.8, 4) is 0 Å². The summed E-state index contributed by atoms with van der Waals surface area (Å²) < 4.78 is 3.59. The third-order valence-corrected chi connectivity index (χ3v) is 6.11. The number of nitrogens with zero attached hydrogens (tertiary/aromatic N) is 4. The minimum Gasteiger partial charge on any atom is -0.351 e. The number of nitrogens with one attached hydrogen (secondary N) is 1. The number of likely N-dealkylation sites (N-methyl/N-ethyl adjacent to an activating group) is 1. The standard InChI is InChI=1S/C26H29N5O2/c1-29-15-7-10-24(29)25(32)27-14-13-22(16-19-8-5-4-6-9-19)30(2)26(33)20-11-12-23-21(17-20)18-28-31(23)3/h4-12,15,17-18,22H,13-14,16H2,1-3H3,(H,27,32). The number of hydrogen-bond acceptors (Lipinski definition) is 3. The number of carbonyl (C=O) groups excluding carboxylic acids is 2. The maximum atomic E-state index is 13.4. The Balaban J connectivity index is 1.49. The number of benzene rings is 2. The summed E-state index contributed by atoms with van der Waals surface area (Å²) in [5.74, 6) is -0.160. The fourth-order valence-electron chi connectivity index (χ4n) is 4.12. The Hall–Kier alpha value is -3.87. The van der Waals surface area contributed by atoms with E-state index in [4.69, 9.17) is 0 Å². The summed E-state index contributed by atoms with van der Waals surface area (Å²) in [6.07, 6.45) is 4.96. The lowest BCUT2D eigenvalue weighted by molar-refractivity contribution is 0.0723. The van der Waals surface area contributed by atoms with Gasteiger partial charge in [-0.3, -0.25) is 14.3 Å². The van der Waals surface area contributed by atoms with Gasteiger partial charge in [-0.05, 0) is 48.7 Å². The summed E-state index contributed by atoms with van der Waals surface area (Å²) in [6, 6.07) is 19.3. The van der Waals surface area contributed by atoms with E-state index < -0.39 is 0 Å². The topological polar surface area (TPSA) is 72.2 Å². The van der Waals surface area contributed by atoms with E-state index in [9.17, 15) is 9.59 Å². The molecule has 0 aliphatic rings. The molecule has 170 valence electrons. The molecule has 2 aromatic carbocycles. The van der Waals surface area contributed by atoms with Crippen LogP contribution in [0.25, 0.3) is 10.9 Å². The van der Waals surface area contributed by atoms with Crippen molar-refractivity contribution in [2.24, 2.45) is 14.1 Å². The van der Waals surface area contributed by atoms with Crippen LogP contribution < -0.4 is 5.32 Å². The Bertz CT molecular complexity index is 1260. The second-order valence-corrected chi connectivity index (χ2v) is 8.35. The summed E-state index contributed by atoms with van der Waals surface area (Å²) in [5.41, 5.74) is 3.38. The quantitative estimate of drug-likeness (QED) is 0.454. The second kappa shape index (κ2) is 9.73. The molecular weight excluding hydrogens is 414 g/mol. The Morgan fingerprint density at radius 1 is 1.06 bits per heavy atom. The van der Waals surface area contributed by atoms with Gasteiger partial charge in [0.1, 0.15) is 5.69 Å². The first-order chi connectivity index (χ1) is 15.9. The molecule has 4 rings (SSSR count). The van der Waals surface area contributed by atoms with Crippen molar-refractivity contribution >= 4 is 22.7 Å². The molecule has 7 nitrogen and oxygen atoms in total. The summed E-state index contributed by atoms with van der Waals surface area (Å²) in [6.45, 7) is 0.473. The number of carbonyl (C=O) groups is 2. The highest BCUT2D eigenvalue weighted by atomic mass is 16.2. The highest BCUT2D eigenvalue weighted by Crippen LogP contribution is 2.19. The van der Waals surface area contributed by atoms with Crippen LogP contribution in [-0.4, -0.2) is 50.7 Å². The van der Waals surface area contributed by atoms with Crippen LogP contribution >= 0.6 is 0 Å². The predicted molar refractivity (Wildman–Crippen MR) is 129 cm³/mol. The van der Waals surface area contributed by atoms with Crippen LogP contribution in [0.4, 0.5) is 0 Å². The molecule has 1 unspecified atom stereocenters. The first-order valence-electron chi connectivity index (χ1n) is 11.1. The van der Waals surface area contributed by atoms with E-state index in [0.717, 1.165) is 16.5 Å². The van der Waals surface area contributed by atoms with Crippen LogP contribution in [0.3, 0.4) is 0 Å². The molecule has 0 aliphatic heterocycles. The molecule has 7 heteroatoms. The van der Waals surface area contributed by atoms with Crippen molar-refractivity contribution in [1.29, 1.82) is 0 Å². The van der Waals surface area contributed by atoms with Gasteiger partial charge in [-0.1, -0.05) is 30.3 Å². The highest BCUT2D eigenvalue weighted by molar-refractivity contribution is 5.98. The van der Waals surface area contributed by atoms with Gasteiger partial charge in [0.05, 0.1) is 11.7 Å². The van der Waals surface area contributed by atoms with E-state index in [0.29, 0.717) is 30.6 Å². The third kappa shape index (κ3) is 4.98.